The van der Waals surface area contributed by atoms with Crippen LogP contribution in [0.25, 0.3) is 0 Å². The average molecular weight is 541 g/mol. The van der Waals surface area contributed by atoms with Crippen LogP contribution in [0.1, 0.15) is 98.3 Å². The van der Waals surface area contributed by atoms with Crippen molar-refractivity contribution in [2.75, 3.05) is 13.2 Å². The van der Waals surface area contributed by atoms with Crippen molar-refractivity contribution in [3.8, 4) is 0 Å². The molecule has 5 unspecified atom stereocenters. The Balaban J connectivity index is 1.91. The molecule has 0 aromatic carbocycles. The van der Waals surface area contributed by atoms with Crippen molar-refractivity contribution >= 4 is 6.29 Å². The molecule has 1 spiro atoms. The van der Waals surface area contributed by atoms with E-state index in [0.29, 0.717) is 44.1 Å². The van der Waals surface area contributed by atoms with Crippen LogP contribution in [0.4, 0.5) is 0 Å². The smallest absolute Gasteiger partial charge is 0.145 e. The Morgan fingerprint density at radius 3 is 2.38 bits per heavy atom. The number of carbonyl (C=O) groups is 1. The molecule has 4 N–H and O–H groups in total. The quantitative estimate of drug-likeness (QED) is 0.109. The molecule has 3 aliphatic carbocycles. The monoisotopic (exact) mass is 540 g/mol. The number of hydrogen-bond donors (Lipinski definition) is 4. The Bertz CT molecular complexity index is 1000. The van der Waals surface area contributed by atoms with Crippen LogP contribution in [0.3, 0.4) is 0 Å². The molecule has 0 bridgehead atoms. The van der Waals surface area contributed by atoms with E-state index in [1.165, 1.54) is 18.4 Å². The van der Waals surface area contributed by atoms with Crippen LogP contribution in [0.2, 0.25) is 0 Å². The van der Waals surface area contributed by atoms with Crippen LogP contribution >= 0.6 is 0 Å². The molecule has 5 atom stereocenters. The molecule has 218 valence electrons. The van der Waals surface area contributed by atoms with Crippen molar-refractivity contribution in [3.63, 3.8) is 0 Å². The average Bonchev–Trinajstić information content (AvgIpc) is 3.52. The summed E-state index contributed by atoms with van der Waals surface area (Å²) in [6.07, 6.45) is 17.5. The Labute approximate surface area is 236 Å². The second-order valence-corrected chi connectivity index (χ2v) is 12.9. The van der Waals surface area contributed by atoms with Crippen molar-refractivity contribution in [3.05, 3.63) is 58.7 Å². The number of aliphatic hydroxyl groups excluding tert-OH is 3. The van der Waals surface area contributed by atoms with E-state index in [2.05, 4.69) is 32.6 Å². The third-order valence-corrected chi connectivity index (χ3v) is 10.4. The van der Waals surface area contributed by atoms with Gasteiger partial charge < -0.3 is 20.4 Å². The highest BCUT2D eigenvalue weighted by Gasteiger charge is 2.63. The summed E-state index contributed by atoms with van der Waals surface area (Å²) in [6.45, 7) is 12.2. The molecule has 0 aromatic rings. The minimum absolute atomic E-state index is 0.0211. The van der Waals surface area contributed by atoms with Gasteiger partial charge >= 0.3 is 0 Å². The number of rotatable bonds is 11. The summed E-state index contributed by atoms with van der Waals surface area (Å²) in [5, 5.41) is 43.7. The molecule has 39 heavy (non-hydrogen) atoms. The van der Waals surface area contributed by atoms with Gasteiger partial charge in [0.1, 0.15) is 6.29 Å². The van der Waals surface area contributed by atoms with Crippen molar-refractivity contribution in [1.82, 2.24) is 0 Å². The molecule has 0 radical (unpaired) electrons. The Morgan fingerprint density at radius 1 is 1.10 bits per heavy atom. The fourth-order valence-electron chi connectivity index (χ4n) is 8.03. The highest BCUT2D eigenvalue weighted by atomic mass is 16.3. The number of aliphatic hydroxyl groups is 4. The van der Waals surface area contributed by atoms with E-state index < -0.39 is 17.1 Å². The van der Waals surface area contributed by atoms with Crippen molar-refractivity contribution in [1.29, 1.82) is 0 Å². The summed E-state index contributed by atoms with van der Waals surface area (Å²) in [5.41, 5.74) is 2.98. The second-order valence-electron chi connectivity index (χ2n) is 12.9. The Morgan fingerprint density at radius 2 is 1.79 bits per heavy atom. The molecule has 5 heteroatoms. The molecule has 0 amide bonds. The van der Waals surface area contributed by atoms with E-state index in [9.17, 15) is 25.2 Å². The molecule has 0 aliphatic heterocycles. The van der Waals surface area contributed by atoms with E-state index >= 15 is 0 Å². The molecule has 3 aliphatic rings. The summed E-state index contributed by atoms with van der Waals surface area (Å²) in [4.78, 5) is 11.8. The molecule has 3 rings (SSSR count). The lowest BCUT2D eigenvalue weighted by atomic mass is 9.52. The first-order chi connectivity index (χ1) is 18.5. The molecule has 0 saturated heterocycles. The number of hydrogen-bond acceptors (Lipinski definition) is 5. The van der Waals surface area contributed by atoms with E-state index in [1.807, 2.05) is 26.0 Å². The standard InChI is InChI=1S/C34H52O5/c1-24(2)13-19-33(16-6-7-17-33)26(4)10-8-11-27(23-37)29-15-20-34(31(29)38)30(12-9-21-35)28(25(3)22-36)14-18-32(34,5)39/h8,10-11,13,22,29-31,35,37-39H,4,6-7,9,12,14-21,23H2,1-3,5H3. The van der Waals surface area contributed by atoms with E-state index in [1.54, 1.807) is 0 Å². The normalized spacial score (nSPS) is 34.1. The SMILES string of the molecule is C=C(C=CC=C(CO)C1CCC2(C(CCCO)C(=C(C)C=O)CCC2(C)O)C1O)C1(CC=C(C)C)CCCC1. The van der Waals surface area contributed by atoms with Gasteiger partial charge in [0, 0.05) is 17.9 Å². The largest absolute Gasteiger partial charge is 0.396 e. The summed E-state index contributed by atoms with van der Waals surface area (Å²) >= 11 is 0. The van der Waals surface area contributed by atoms with Crippen LogP contribution in [0.5, 0.6) is 0 Å². The topological polar surface area (TPSA) is 98.0 Å². The van der Waals surface area contributed by atoms with Crippen molar-refractivity contribution in [2.45, 2.75) is 110 Å². The predicted octanol–water partition coefficient (Wildman–Crippen LogP) is 6.14. The lowest BCUT2D eigenvalue weighted by Crippen LogP contribution is -2.59. The summed E-state index contributed by atoms with van der Waals surface area (Å²) < 4.78 is 0. The highest BCUT2D eigenvalue weighted by Crippen LogP contribution is 2.63. The lowest BCUT2D eigenvalue weighted by molar-refractivity contribution is -0.167. The first kappa shape index (κ1) is 31.7. The van der Waals surface area contributed by atoms with Crippen LogP contribution in [-0.4, -0.2) is 51.6 Å². The molecular formula is C34H52O5. The van der Waals surface area contributed by atoms with Gasteiger partial charge in [-0.15, -0.1) is 0 Å². The molecule has 5 nitrogen and oxygen atoms in total. The lowest BCUT2D eigenvalue weighted by Gasteiger charge is -2.55. The summed E-state index contributed by atoms with van der Waals surface area (Å²) in [5.74, 6) is -0.496. The van der Waals surface area contributed by atoms with Gasteiger partial charge in [-0.3, -0.25) is 4.79 Å². The van der Waals surface area contributed by atoms with Gasteiger partial charge in [0.05, 0.1) is 18.3 Å². The fourth-order valence-corrected chi connectivity index (χ4v) is 8.03. The van der Waals surface area contributed by atoms with Gasteiger partial charge in [-0.25, -0.2) is 0 Å². The Kier molecular flexibility index (Phi) is 10.8. The Hall–Kier alpha value is -1.79. The maximum Gasteiger partial charge on any atom is 0.145 e. The zero-order valence-electron chi connectivity index (χ0n) is 24.7. The number of carbonyl (C=O) groups excluding carboxylic acids is 1. The second kappa shape index (κ2) is 13.2. The molecule has 0 heterocycles. The third-order valence-electron chi connectivity index (χ3n) is 10.4. The van der Waals surface area contributed by atoms with Crippen molar-refractivity contribution in [2.24, 2.45) is 22.7 Å². The van der Waals surface area contributed by atoms with Crippen molar-refractivity contribution < 1.29 is 25.2 Å². The molecule has 3 saturated carbocycles. The summed E-state index contributed by atoms with van der Waals surface area (Å²) in [7, 11) is 0. The van der Waals surface area contributed by atoms with E-state index in [0.717, 1.165) is 42.3 Å². The fraction of sp³-hybridized carbons (Fsp3) is 0.676. The third kappa shape index (κ3) is 6.27. The predicted molar refractivity (Wildman–Crippen MR) is 158 cm³/mol. The molecular weight excluding hydrogens is 488 g/mol. The van der Waals surface area contributed by atoms with E-state index in [4.69, 9.17) is 0 Å². The van der Waals surface area contributed by atoms with Gasteiger partial charge in [0.2, 0.25) is 0 Å². The van der Waals surface area contributed by atoms with Crippen LogP contribution in [0.15, 0.2) is 58.7 Å². The minimum atomic E-state index is -1.13. The van der Waals surface area contributed by atoms with Gasteiger partial charge in [-0.2, -0.15) is 0 Å². The maximum absolute atomic E-state index is 12.0. The summed E-state index contributed by atoms with van der Waals surface area (Å²) in [6, 6.07) is 0. The molecule has 0 aromatic heterocycles. The van der Waals surface area contributed by atoms with Gasteiger partial charge in [0.25, 0.3) is 0 Å². The van der Waals surface area contributed by atoms with Crippen LogP contribution in [-0.2, 0) is 4.79 Å². The maximum atomic E-state index is 12.0. The highest BCUT2D eigenvalue weighted by molar-refractivity contribution is 5.74. The number of aldehydes is 1. The van der Waals surface area contributed by atoms with Crippen LogP contribution in [0, 0.1) is 22.7 Å². The van der Waals surface area contributed by atoms with Gasteiger partial charge in [0.15, 0.2) is 0 Å². The zero-order chi connectivity index (χ0) is 28.8. The minimum Gasteiger partial charge on any atom is -0.396 e. The first-order valence-corrected chi connectivity index (χ1v) is 15.0. The van der Waals surface area contributed by atoms with E-state index in [-0.39, 0.29) is 30.5 Å². The molecule has 3 fully saturated rings. The van der Waals surface area contributed by atoms with Gasteiger partial charge in [-0.1, -0.05) is 54.9 Å². The number of allylic oxidation sites excluding steroid dienone is 8. The van der Waals surface area contributed by atoms with Gasteiger partial charge in [-0.05, 0) is 114 Å². The first-order valence-electron chi connectivity index (χ1n) is 15.0. The zero-order valence-corrected chi connectivity index (χ0v) is 24.7. The van der Waals surface area contributed by atoms with Crippen LogP contribution < -0.4 is 0 Å².